The molecule has 0 bridgehead atoms. The van der Waals surface area contributed by atoms with Crippen LogP contribution in [0.15, 0.2) is 24.4 Å². The Labute approximate surface area is 86.7 Å². The summed E-state index contributed by atoms with van der Waals surface area (Å²) in [4.78, 5) is 11.3. The lowest BCUT2D eigenvalue weighted by Crippen LogP contribution is -2.01. The predicted octanol–water partition coefficient (Wildman–Crippen LogP) is 1.67. The van der Waals surface area contributed by atoms with E-state index in [1.807, 2.05) is 17.8 Å². The van der Waals surface area contributed by atoms with Crippen molar-refractivity contribution >= 4 is 16.9 Å². The molecule has 0 aliphatic heterocycles. The molecule has 1 aromatic heterocycles. The van der Waals surface area contributed by atoms with Gasteiger partial charge in [-0.15, -0.1) is 0 Å². The second-order valence-electron chi connectivity index (χ2n) is 3.31. The van der Waals surface area contributed by atoms with Crippen LogP contribution >= 0.6 is 0 Å². The molecule has 0 unspecified atom stereocenters. The molecule has 78 valence electrons. The van der Waals surface area contributed by atoms with Gasteiger partial charge >= 0.3 is 5.97 Å². The number of methoxy groups -OCH3 is 1. The lowest BCUT2D eigenvalue weighted by molar-refractivity contribution is 0.0598. The molecule has 0 saturated carbocycles. The zero-order valence-electron chi connectivity index (χ0n) is 8.52. The van der Waals surface area contributed by atoms with Gasteiger partial charge in [-0.25, -0.2) is 4.79 Å². The molecule has 0 fully saturated rings. The van der Waals surface area contributed by atoms with E-state index in [0.29, 0.717) is 5.39 Å². The van der Waals surface area contributed by atoms with E-state index in [9.17, 15) is 9.90 Å². The maximum absolute atomic E-state index is 11.3. The summed E-state index contributed by atoms with van der Waals surface area (Å²) in [5.74, 6) is -0.557. The Hall–Kier alpha value is -1.97. The molecule has 0 aliphatic rings. The molecule has 2 rings (SSSR count). The van der Waals surface area contributed by atoms with Gasteiger partial charge in [-0.05, 0) is 18.2 Å². The van der Waals surface area contributed by atoms with Gasteiger partial charge in [0.05, 0.1) is 12.6 Å². The predicted molar refractivity (Wildman–Crippen MR) is 55.9 cm³/mol. The number of hydrogen-bond acceptors (Lipinski definition) is 3. The van der Waals surface area contributed by atoms with Crippen LogP contribution in [0.2, 0.25) is 0 Å². The second-order valence-corrected chi connectivity index (χ2v) is 3.31. The highest BCUT2D eigenvalue weighted by molar-refractivity contribution is 6.00. The molecule has 4 heteroatoms. The summed E-state index contributed by atoms with van der Waals surface area (Å²) in [6.07, 6.45) is 1.82. The smallest absolute Gasteiger partial charge is 0.341 e. The molecule has 0 spiro atoms. The average Bonchev–Trinajstić information content (AvgIpc) is 2.61. The van der Waals surface area contributed by atoms with Crippen LogP contribution in [0.3, 0.4) is 0 Å². The largest absolute Gasteiger partial charge is 0.506 e. The number of hydrogen-bond donors (Lipinski definition) is 1. The van der Waals surface area contributed by atoms with Gasteiger partial charge in [0.25, 0.3) is 0 Å². The summed E-state index contributed by atoms with van der Waals surface area (Å²) in [7, 11) is 3.16. The van der Waals surface area contributed by atoms with E-state index in [4.69, 9.17) is 0 Å². The standard InChI is InChI=1S/C11H11NO3/c1-12-6-5-7-9(12)4-3-8(10(7)13)11(14)15-2/h3-6,13H,1-2H3. The first kappa shape index (κ1) is 9.58. The van der Waals surface area contributed by atoms with Crippen molar-refractivity contribution in [3.63, 3.8) is 0 Å². The van der Waals surface area contributed by atoms with Crippen molar-refractivity contribution in [2.45, 2.75) is 0 Å². The van der Waals surface area contributed by atoms with E-state index in [1.165, 1.54) is 7.11 Å². The summed E-state index contributed by atoms with van der Waals surface area (Å²) >= 11 is 0. The molecule has 0 saturated heterocycles. The molecule has 0 aliphatic carbocycles. The number of benzene rings is 1. The highest BCUT2D eigenvalue weighted by Gasteiger charge is 2.14. The van der Waals surface area contributed by atoms with Gasteiger partial charge < -0.3 is 14.4 Å². The summed E-state index contributed by atoms with van der Waals surface area (Å²) < 4.78 is 6.44. The number of phenolic OH excluding ortho intramolecular Hbond substituents is 1. The third-order valence-electron chi connectivity index (χ3n) is 2.44. The van der Waals surface area contributed by atoms with Crippen LogP contribution < -0.4 is 0 Å². The van der Waals surface area contributed by atoms with Crippen molar-refractivity contribution < 1.29 is 14.6 Å². The fourth-order valence-electron chi connectivity index (χ4n) is 1.61. The number of carbonyl (C=O) groups excluding carboxylic acids is 1. The van der Waals surface area contributed by atoms with E-state index in [1.54, 1.807) is 18.2 Å². The normalized spacial score (nSPS) is 10.5. The van der Waals surface area contributed by atoms with E-state index in [2.05, 4.69) is 4.74 Å². The van der Waals surface area contributed by atoms with Crippen LogP contribution in [0.5, 0.6) is 5.75 Å². The van der Waals surface area contributed by atoms with Gasteiger partial charge in [-0.3, -0.25) is 0 Å². The molecule has 0 amide bonds. The highest BCUT2D eigenvalue weighted by atomic mass is 16.5. The monoisotopic (exact) mass is 205 g/mol. The van der Waals surface area contributed by atoms with Crippen LogP contribution in [0.25, 0.3) is 10.9 Å². The fraction of sp³-hybridized carbons (Fsp3) is 0.182. The zero-order chi connectivity index (χ0) is 11.0. The SMILES string of the molecule is COC(=O)c1ccc2c(ccn2C)c1O. The minimum atomic E-state index is -0.529. The Morgan fingerprint density at radius 1 is 1.40 bits per heavy atom. The fourth-order valence-corrected chi connectivity index (χ4v) is 1.61. The summed E-state index contributed by atoms with van der Waals surface area (Å²) in [6.45, 7) is 0. The maximum atomic E-state index is 11.3. The molecule has 2 aromatic rings. The first-order valence-electron chi connectivity index (χ1n) is 4.50. The Morgan fingerprint density at radius 2 is 2.13 bits per heavy atom. The quantitative estimate of drug-likeness (QED) is 0.720. The van der Waals surface area contributed by atoms with E-state index >= 15 is 0 Å². The topological polar surface area (TPSA) is 51.5 Å². The lowest BCUT2D eigenvalue weighted by Gasteiger charge is -2.04. The van der Waals surface area contributed by atoms with Gasteiger partial charge in [0.15, 0.2) is 0 Å². The third kappa shape index (κ3) is 1.34. The minimum Gasteiger partial charge on any atom is -0.506 e. The van der Waals surface area contributed by atoms with Crippen molar-refractivity contribution in [1.82, 2.24) is 4.57 Å². The first-order valence-corrected chi connectivity index (χ1v) is 4.50. The summed E-state index contributed by atoms with van der Waals surface area (Å²) in [5, 5.41) is 10.5. The van der Waals surface area contributed by atoms with Crippen molar-refractivity contribution in [3.8, 4) is 5.75 Å². The second kappa shape index (κ2) is 3.31. The van der Waals surface area contributed by atoms with Crippen LogP contribution in [-0.2, 0) is 11.8 Å². The van der Waals surface area contributed by atoms with Crippen LogP contribution in [-0.4, -0.2) is 22.8 Å². The molecule has 0 radical (unpaired) electrons. The van der Waals surface area contributed by atoms with Crippen molar-refractivity contribution in [2.24, 2.45) is 7.05 Å². The van der Waals surface area contributed by atoms with Crippen molar-refractivity contribution in [1.29, 1.82) is 0 Å². The molecule has 15 heavy (non-hydrogen) atoms. The number of aryl methyl sites for hydroxylation is 1. The van der Waals surface area contributed by atoms with Gasteiger partial charge in [-0.1, -0.05) is 0 Å². The first-order chi connectivity index (χ1) is 7.15. The molecule has 0 atom stereocenters. The van der Waals surface area contributed by atoms with Crippen molar-refractivity contribution in [3.05, 3.63) is 30.0 Å². The Kier molecular flexibility index (Phi) is 2.11. The number of esters is 1. The van der Waals surface area contributed by atoms with Crippen LogP contribution in [0, 0.1) is 0 Å². The van der Waals surface area contributed by atoms with E-state index in [0.717, 1.165) is 5.52 Å². The number of aromatic hydroxyl groups is 1. The van der Waals surface area contributed by atoms with E-state index in [-0.39, 0.29) is 11.3 Å². The average molecular weight is 205 g/mol. The third-order valence-corrected chi connectivity index (χ3v) is 2.44. The number of ether oxygens (including phenoxy) is 1. The number of nitrogens with zero attached hydrogens (tertiary/aromatic N) is 1. The molecule has 1 N–H and O–H groups in total. The van der Waals surface area contributed by atoms with Crippen molar-refractivity contribution in [2.75, 3.05) is 7.11 Å². The Balaban J connectivity index is 2.71. The molecular formula is C11H11NO3. The van der Waals surface area contributed by atoms with Gasteiger partial charge in [-0.2, -0.15) is 0 Å². The van der Waals surface area contributed by atoms with Gasteiger partial charge in [0.1, 0.15) is 11.3 Å². The summed E-state index contributed by atoms with van der Waals surface area (Å²) in [5.41, 5.74) is 1.07. The molecule has 1 heterocycles. The maximum Gasteiger partial charge on any atom is 0.341 e. The number of aromatic nitrogens is 1. The van der Waals surface area contributed by atoms with Gasteiger partial charge in [0.2, 0.25) is 0 Å². The molecule has 4 nitrogen and oxygen atoms in total. The Bertz CT molecular complexity index is 528. The molecular weight excluding hydrogens is 194 g/mol. The number of phenols is 1. The van der Waals surface area contributed by atoms with Crippen LogP contribution in [0.4, 0.5) is 0 Å². The number of fused-ring (bicyclic) bond motifs is 1. The summed E-state index contributed by atoms with van der Waals surface area (Å²) in [6, 6.07) is 5.10. The van der Waals surface area contributed by atoms with E-state index < -0.39 is 5.97 Å². The Morgan fingerprint density at radius 3 is 2.80 bits per heavy atom. The lowest BCUT2D eigenvalue weighted by atomic mass is 10.1. The van der Waals surface area contributed by atoms with Crippen LogP contribution in [0.1, 0.15) is 10.4 Å². The minimum absolute atomic E-state index is 0.0278. The highest BCUT2D eigenvalue weighted by Crippen LogP contribution is 2.29. The molecule has 1 aromatic carbocycles. The number of carbonyl (C=O) groups is 1. The van der Waals surface area contributed by atoms with Gasteiger partial charge in [0, 0.05) is 18.6 Å². The number of rotatable bonds is 1. The zero-order valence-corrected chi connectivity index (χ0v) is 8.52.